The Hall–Kier alpha value is -2.14. The van der Waals surface area contributed by atoms with Gasteiger partial charge in [0.1, 0.15) is 17.3 Å². The summed E-state index contributed by atoms with van der Waals surface area (Å²) in [7, 11) is 0. The van der Waals surface area contributed by atoms with E-state index in [1.165, 1.54) is 0 Å². The summed E-state index contributed by atoms with van der Waals surface area (Å²) in [6.07, 6.45) is 4.31. The van der Waals surface area contributed by atoms with Crippen molar-refractivity contribution in [3.8, 4) is 0 Å². The highest BCUT2D eigenvalue weighted by Gasteiger charge is 2.53. The first-order valence-electron chi connectivity index (χ1n) is 8.20. The molecule has 1 heterocycles. The van der Waals surface area contributed by atoms with E-state index in [1.54, 1.807) is 24.3 Å². The van der Waals surface area contributed by atoms with Crippen LogP contribution in [0.5, 0.6) is 0 Å². The first-order valence-corrected chi connectivity index (χ1v) is 8.73. The minimum absolute atomic E-state index is 0.0822. The first-order chi connectivity index (χ1) is 11.6. The molecule has 0 aromatic heterocycles. The minimum atomic E-state index is -0.477. The summed E-state index contributed by atoms with van der Waals surface area (Å²) in [5.74, 6) is -1.24. The zero-order valence-corrected chi connectivity index (χ0v) is 13.8. The molecule has 24 heavy (non-hydrogen) atoms. The number of benzene rings is 1. The second-order valence-corrected chi connectivity index (χ2v) is 6.70. The van der Waals surface area contributed by atoms with Crippen LogP contribution >= 0.6 is 11.6 Å². The van der Waals surface area contributed by atoms with E-state index in [4.69, 9.17) is 11.6 Å². The van der Waals surface area contributed by atoms with E-state index in [1.807, 2.05) is 4.90 Å². The smallest absolute Gasteiger partial charge is 0.239 e. The van der Waals surface area contributed by atoms with Crippen LogP contribution in [-0.4, -0.2) is 40.3 Å². The number of Topliss-reactive ketones (excluding diaryl/α,β-unsaturated/α-hetero) is 2. The third kappa shape index (κ3) is 2.26. The second kappa shape index (κ2) is 5.74. The molecule has 2 aliphatic carbocycles. The van der Waals surface area contributed by atoms with Gasteiger partial charge in [0.2, 0.25) is 17.5 Å². The fourth-order valence-corrected chi connectivity index (χ4v) is 4.00. The van der Waals surface area contributed by atoms with Gasteiger partial charge in [-0.05, 0) is 12.8 Å². The number of rotatable bonds is 3. The summed E-state index contributed by atoms with van der Waals surface area (Å²) >= 11 is 5.58. The fourth-order valence-electron chi connectivity index (χ4n) is 3.93. The maximum Gasteiger partial charge on any atom is 0.239 e. The van der Waals surface area contributed by atoms with E-state index in [9.17, 15) is 14.4 Å². The van der Waals surface area contributed by atoms with Crippen LogP contribution in [0, 0.1) is 0 Å². The van der Waals surface area contributed by atoms with Crippen LogP contribution in [0.2, 0.25) is 0 Å². The summed E-state index contributed by atoms with van der Waals surface area (Å²) in [4.78, 5) is 39.7. The van der Waals surface area contributed by atoms with Gasteiger partial charge in [0.15, 0.2) is 0 Å². The van der Waals surface area contributed by atoms with Crippen LogP contribution in [0.1, 0.15) is 46.4 Å². The number of halogens is 1. The van der Waals surface area contributed by atoms with Gasteiger partial charge in [-0.1, -0.05) is 37.1 Å². The third-order valence-corrected chi connectivity index (χ3v) is 5.30. The van der Waals surface area contributed by atoms with E-state index in [-0.39, 0.29) is 23.1 Å². The first kappa shape index (κ1) is 15.4. The van der Waals surface area contributed by atoms with Gasteiger partial charge >= 0.3 is 0 Å². The number of fused-ring (bicyclic) bond motifs is 2. The van der Waals surface area contributed by atoms with Crippen molar-refractivity contribution in [2.45, 2.75) is 37.8 Å². The van der Waals surface area contributed by atoms with Crippen molar-refractivity contribution in [2.24, 2.45) is 0 Å². The van der Waals surface area contributed by atoms with Gasteiger partial charge in [0, 0.05) is 23.2 Å². The highest BCUT2D eigenvalue weighted by Crippen LogP contribution is 2.46. The van der Waals surface area contributed by atoms with Crippen molar-refractivity contribution in [2.75, 3.05) is 5.88 Å². The molecule has 2 fully saturated rings. The average Bonchev–Trinajstić information content (AvgIpc) is 3.33. The molecule has 0 bridgehead atoms. The predicted octanol–water partition coefficient (Wildman–Crippen LogP) is 2.26. The zero-order valence-electron chi connectivity index (χ0n) is 13.0. The van der Waals surface area contributed by atoms with Gasteiger partial charge < -0.3 is 10.2 Å². The lowest BCUT2D eigenvalue weighted by molar-refractivity contribution is -0.118. The molecular weight excluding hydrogens is 328 g/mol. The normalized spacial score (nSPS) is 25.3. The summed E-state index contributed by atoms with van der Waals surface area (Å²) in [5, 5.41) is 2.57. The number of ketones is 2. The Balaban J connectivity index is 1.80. The van der Waals surface area contributed by atoms with Gasteiger partial charge in [-0.15, -0.1) is 11.6 Å². The quantitative estimate of drug-likeness (QED) is 0.674. The Bertz CT molecular complexity index is 774. The lowest BCUT2D eigenvalue weighted by atomic mass is 9.90. The molecule has 4 rings (SSSR count). The van der Waals surface area contributed by atoms with Crippen LogP contribution in [-0.2, 0) is 4.79 Å². The van der Waals surface area contributed by atoms with E-state index in [0.29, 0.717) is 28.9 Å². The number of carbonyl (C=O) groups is 3. The Kier molecular flexibility index (Phi) is 3.68. The van der Waals surface area contributed by atoms with Crippen LogP contribution in [0.4, 0.5) is 0 Å². The second-order valence-electron chi connectivity index (χ2n) is 6.44. The molecule has 2 atom stereocenters. The third-order valence-electron chi connectivity index (χ3n) is 5.06. The lowest BCUT2D eigenvalue weighted by Gasteiger charge is -2.23. The number of alkyl halides is 1. The number of allylic oxidation sites excluding steroid dienone is 2. The van der Waals surface area contributed by atoms with Crippen molar-refractivity contribution >= 4 is 29.1 Å². The van der Waals surface area contributed by atoms with Gasteiger partial charge in [-0.3, -0.25) is 14.4 Å². The summed E-state index contributed by atoms with van der Waals surface area (Å²) < 4.78 is 0. The summed E-state index contributed by atoms with van der Waals surface area (Å²) in [5.41, 5.74) is 1.17. The molecule has 1 saturated carbocycles. The van der Waals surface area contributed by atoms with Crippen LogP contribution < -0.4 is 5.32 Å². The van der Waals surface area contributed by atoms with Crippen LogP contribution in [0.25, 0.3) is 0 Å². The molecule has 124 valence electrons. The molecule has 0 unspecified atom stereocenters. The largest absolute Gasteiger partial charge is 0.356 e. The molecule has 0 radical (unpaired) electrons. The number of hydrogen-bond acceptors (Lipinski definition) is 4. The topological polar surface area (TPSA) is 66.2 Å². The standard InChI is InChI=1S/C18H17ClN2O3/c19-9-14(22)20-15-16(21-12-7-3-4-8-13(12)21)18(24)11-6-2-1-5-10(11)17(15)23/h1-2,5-6,12-13H,3-4,7-9H2,(H,20,22)/t12-,13+,21?. The molecule has 3 aliphatic rings. The maximum atomic E-state index is 13.0. The van der Waals surface area contributed by atoms with Gasteiger partial charge in [-0.2, -0.15) is 0 Å². The Morgan fingerprint density at radius 3 is 2.25 bits per heavy atom. The molecule has 1 aromatic carbocycles. The number of nitrogens with zero attached hydrogens (tertiary/aromatic N) is 1. The van der Waals surface area contributed by atoms with Crippen molar-refractivity contribution in [3.05, 3.63) is 46.8 Å². The number of hydrogen-bond donors (Lipinski definition) is 1. The highest BCUT2D eigenvalue weighted by molar-refractivity contribution is 6.30. The number of nitrogens with one attached hydrogen (secondary N) is 1. The number of amides is 1. The molecule has 1 aliphatic heterocycles. The van der Waals surface area contributed by atoms with Crippen LogP contribution in [0.15, 0.2) is 35.7 Å². The van der Waals surface area contributed by atoms with Crippen molar-refractivity contribution in [3.63, 3.8) is 0 Å². The Labute approximate surface area is 144 Å². The molecular formula is C18H17ClN2O3. The van der Waals surface area contributed by atoms with Crippen molar-refractivity contribution < 1.29 is 14.4 Å². The Morgan fingerprint density at radius 1 is 1.08 bits per heavy atom. The highest BCUT2D eigenvalue weighted by atomic mass is 35.5. The molecule has 5 nitrogen and oxygen atoms in total. The maximum absolute atomic E-state index is 13.0. The molecule has 1 aromatic rings. The predicted molar refractivity (Wildman–Crippen MR) is 88.9 cm³/mol. The molecule has 1 N–H and O–H groups in total. The Morgan fingerprint density at radius 2 is 1.67 bits per heavy atom. The zero-order chi connectivity index (χ0) is 16.8. The van der Waals surface area contributed by atoms with E-state index in [2.05, 4.69) is 5.32 Å². The lowest BCUT2D eigenvalue weighted by Crippen LogP contribution is -2.37. The number of likely N-dealkylation sites (tertiary alicyclic amines) is 1. The van der Waals surface area contributed by atoms with Gasteiger partial charge in [0.25, 0.3) is 0 Å². The number of carbonyl (C=O) groups excluding carboxylic acids is 3. The SMILES string of the molecule is O=C(CCl)NC1=C(N2[C@@H]3CCCC[C@@H]32)C(=O)c2ccccc2C1=O. The van der Waals surface area contributed by atoms with Gasteiger partial charge in [-0.25, -0.2) is 0 Å². The van der Waals surface area contributed by atoms with Crippen molar-refractivity contribution in [1.29, 1.82) is 0 Å². The van der Waals surface area contributed by atoms with E-state index in [0.717, 1.165) is 25.7 Å². The summed E-state index contributed by atoms with van der Waals surface area (Å²) in [6.45, 7) is 0. The van der Waals surface area contributed by atoms with Crippen molar-refractivity contribution in [1.82, 2.24) is 10.2 Å². The minimum Gasteiger partial charge on any atom is -0.356 e. The molecule has 1 amide bonds. The molecule has 1 saturated heterocycles. The monoisotopic (exact) mass is 344 g/mol. The summed E-state index contributed by atoms with van der Waals surface area (Å²) in [6, 6.07) is 7.36. The van der Waals surface area contributed by atoms with Gasteiger partial charge in [0.05, 0.1) is 0 Å². The average molecular weight is 345 g/mol. The van der Waals surface area contributed by atoms with Crippen LogP contribution in [0.3, 0.4) is 0 Å². The molecule has 0 spiro atoms. The fraction of sp³-hybridized carbons (Fsp3) is 0.389. The van der Waals surface area contributed by atoms with E-state index >= 15 is 0 Å². The molecule has 6 heteroatoms. The van der Waals surface area contributed by atoms with E-state index < -0.39 is 5.91 Å².